The van der Waals surface area contributed by atoms with Gasteiger partial charge in [-0.1, -0.05) is 116 Å². The van der Waals surface area contributed by atoms with Gasteiger partial charge in [-0.15, -0.1) is 0 Å². The molecule has 0 unspecified atom stereocenters. The number of nitrogens with two attached hydrogens (primary N) is 1. The zero-order valence-corrected chi connectivity index (χ0v) is 29.4. The number of hydrogen-bond acceptors (Lipinski definition) is 4. The third-order valence-corrected chi connectivity index (χ3v) is 9.87. The number of carboxylic acids is 1. The first-order chi connectivity index (χ1) is 25.9. The summed E-state index contributed by atoms with van der Waals surface area (Å²) in [4.78, 5) is 25.8. The third-order valence-electron chi connectivity index (χ3n) is 9.87. The van der Waals surface area contributed by atoms with Gasteiger partial charge in [0.2, 0.25) is 0 Å². The van der Waals surface area contributed by atoms with Gasteiger partial charge >= 0.3 is 5.97 Å². The van der Waals surface area contributed by atoms with Gasteiger partial charge in [0.1, 0.15) is 0 Å². The third kappa shape index (κ3) is 7.51. The van der Waals surface area contributed by atoms with Crippen LogP contribution in [0.2, 0.25) is 0 Å². The van der Waals surface area contributed by atoms with Crippen molar-refractivity contribution in [2.24, 2.45) is 10.9 Å². The first kappa shape index (κ1) is 34.7. The highest BCUT2D eigenvalue weighted by molar-refractivity contribution is 6.12. The molecular weight excluding hydrogens is 655 g/mol. The van der Waals surface area contributed by atoms with Crippen LogP contribution in [0.15, 0.2) is 120 Å². The molecule has 0 saturated heterocycles. The smallest absolute Gasteiger partial charge is 0.308 e. The van der Waals surface area contributed by atoms with Crippen LogP contribution in [-0.2, 0) is 29.0 Å². The van der Waals surface area contributed by atoms with Crippen molar-refractivity contribution in [2.45, 2.75) is 38.6 Å². The molecule has 53 heavy (non-hydrogen) atoms. The highest BCUT2D eigenvalue weighted by atomic mass is 16.4. The first-order valence-corrected chi connectivity index (χ1v) is 17.8. The highest BCUT2D eigenvalue weighted by Crippen LogP contribution is 2.30. The number of rotatable bonds is 5. The Morgan fingerprint density at radius 1 is 0.887 bits per heavy atom. The number of carbonyl (C=O) groups excluding carboxylic acids is 1. The molecule has 5 aromatic rings. The van der Waals surface area contributed by atoms with Crippen molar-refractivity contribution in [3.63, 3.8) is 0 Å². The van der Waals surface area contributed by atoms with Crippen molar-refractivity contribution in [2.75, 3.05) is 4.90 Å². The highest BCUT2D eigenvalue weighted by Gasteiger charge is 2.27. The predicted molar refractivity (Wildman–Crippen MR) is 214 cm³/mol. The molecule has 2 aliphatic carbocycles. The van der Waals surface area contributed by atoms with Crippen LogP contribution in [-0.4, -0.2) is 23.2 Å². The first-order valence-electron chi connectivity index (χ1n) is 17.8. The molecular formula is C47H39N3O3. The Bertz CT molecular complexity index is 2610. The summed E-state index contributed by atoms with van der Waals surface area (Å²) in [6.45, 7) is 4.19. The average Bonchev–Trinajstić information content (AvgIpc) is 3.33. The van der Waals surface area contributed by atoms with E-state index in [4.69, 9.17) is 10.9 Å². The molecule has 5 aromatic carbocycles. The van der Waals surface area contributed by atoms with E-state index in [9.17, 15) is 9.59 Å². The Morgan fingerprint density at radius 3 is 2.51 bits per heavy atom. The number of aliphatic carboxylic acids is 1. The van der Waals surface area contributed by atoms with Gasteiger partial charge in [-0.05, 0) is 110 Å². The van der Waals surface area contributed by atoms with Crippen LogP contribution in [0.1, 0.15) is 63.8 Å². The second kappa shape index (κ2) is 15.7. The second-order valence-electron chi connectivity index (χ2n) is 13.2. The van der Waals surface area contributed by atoms with Crippen molar-refractivity contribution in [1.82, 2.24) is 0 Å². The van der Waals surface area contributed by atoms with Gasteiger partial charge in [0.15, 0.2) is 0 Å². The van der Waals surface area contributed by atoms with E-state index < -0.39 is 5.97 Å². The number of benzene rings is 5. The minimum absolute atomic E-state index is 0.270. The van der Waals surface area contributed by atoms with E-state index in [0.29, 0.717) is 6.54 Å². The Labute approximate surface area is 308 Å². The summed E-state index contributed by atoms with van der Waals surface area (Å²) in [7, 11) is 0. The van der Waals surface area contributed by atoms with Crippen LogP contribution < -0.4 is 21.2 Å². The average molecular weight is 694 g/mol. The molecule has 0 bridgehead atoms. The minimum atomic E-state index is -1.02. The van der Waals surface area contributed by atoms with Gasteiger partial charge in [0, 0.05) is 16.7 Å². The molecule has 8 rings (SSSR count). The number of para-hydroxylation sites is 1. The molecule has 0 aromatic heterocycles. The van der Waals surface area contributed by atoms with Gasteiger partial charge in [-0.2, -0.15) is 5.10 Å². The number of fused-ring (bicyclic) bond motifs is 5. The fourth-order valence-electron chi connectivity index (χ4n) is 7.30. The summed E-state index contributed by atoms with van der Waals surface area (Å²) < 4.78 is 0. The Hall–Kier alpha value is -6.71. The lowest BCUT2D eigenvalue weighted by molar-refractivity contribution is -0.136. The summed E-state index contributed by atoms with van der Waals surface area (Å²) in [5.74, 6) is 10.6. The molecule has 0 fully saturated rings. The fourth-order valence-corrected chi connectivity index (χ4v) is 7.30. The minimum Gasteiger partial charge on any atom is -0.481 e. The van der Waals surface area contributed by atoms with Crippen LogP contribution >= 0.6 is 0 Å². The second-order valence-corrected chi connectivity index (χ2v) is 13.2. The van der Waals surface area contributed by atoms with Crippen LogP contribution in [0, 0.1) is 22.3 Å². The van der Waals surface area contributed by atoms with Gasteiger partial charge < -0.3 is 15.8 Å². The summed E-state index contributed by atoms with van der Waals surface area (Å²) >= 11 is 0. The van der Waals surface area contributed by atoms with E-state index in [0.717, 1.165) is 45.5 Å². The fraction of sp³-hybridized carbons (Fsp3) is 0.128. The maximum absolute atomic E-state index is 13.0. The maximum atomic E-state index is 13.0. The summed E-state index contributed by atoms with van der Waals surface area (Å²) in [6.07, 6.45) is 14.1. The van der Waals surface area contributed by atoms with Crippen molar-refractivity contribution in [1.29, 1.82) is 0 Å². The molecule has 0 radical (unpaired) electrons. The normalized spacial score (nSPS) is 13.8. The number of hydrogen-bond donors (Lipinski definition) is 2. The van der Waals surface area contributed by atoms with Crippen molar-refractivity contribution < 1.29 is 14.7 Å². The monoisotopic (exact) mass is 693 g/mol. The molecule has 1 aliphatic heterocycles. The van der Waals surface area contributed by atoms with Gasteiger partial charge in [0.25, 0.3) is 5.91 Å². The lowest BCUT2D eigenvalue weighted by Gasteiger charge is -2.24. The van der Waals surface area contributed by atoms with Crippen LogP contribution in [0.5, 0.6) is 0 Å². The molecule has 6 heteroatoms. The van der Waals surface area contributed by atoms with E-state index >= 15 is 0 Å². The van der Waals surface area contributed by atoms with Crippen LogP contribution in [0.25, 0.3) is 24.3 Å². The molecule has 0 atom stereocenters. The molecule has 0 saturated carbocycles. The van der Waals surface area contributed by atoms with E-state index in [1.165, 1.54) is 45.7 Å². The number of carboxylic acid groups (broad SMARTS) is 1. The summed E-state index contributed by atoms with van der Waals surface area (Å²) in [6, 6.07) is 34.1. The van der Waals surface area contributed by atoms with E-state index in [1.807, 2.05) is 72.8 Å². The zero-order chi connectivity index (χ0) is 36.7. The number of nitrogens with zero attached hydrogens (tertiary/aromatic N) is 2. The standard InChI is InChI=1S/C27H22N2.C20H17NO3/c28-29-18-20-10-8-19(9-11-20)12-13-22-5-3-7-25-24(22)16-17-26-23-6-2-1-4-21(23)14-15-27(25)26;1-2-14-7-5-6-10-18(14)21-13-16-9-4-3-8-15(16)11-17(20(21)24)12-19(22)23/h3-5,7-11,14-16,18H,1-2,6,17,28H2;2-11H,1,12-13H2,(H,22,23). The molecule has 0 spiro atoms. The topological polar surface area (TPSA) is 96.0 Å². The van der Waals surface area contributed by atoms with Crippen molar-refractivity contribution in [3.8, 4) is 11.8 Å². The van der Waals surface area contributed by atoms with Crippen molar-refractivity contribution >= 4 is 48.1 Å². The van der Waals surface area contributed by atoms with E-state index in [-0.39, 0.29) is 17.9 Å². The lowest BCUT2D eigenvalue weighted by Crippen LogP contribution is -2.31. The largest absolute Gasteiger partial charge is 0.481 e. The predicted octanol–water partition coefficient (Wildman–Crippen LogP) is 6.85. The Balaban J connectivity index is 0.000000168. The number of hydrazone groups is 1. The molecule has 6 nitrogen and oxygen atoms in total. The van der Waals surface area contributed by atoms with E-state index in [2.05, 4.69) is 66.0 Å². The molecule has 1 heterocycles. The quantitative estimate of drug-likeness (QED) is 0.0911. The van der Waals surface area contributed by atoms with Gasteiger partial charge in [-0.25, -0.2) is 0 Å². The van der Waals surface area contributed by atoms with E-state index in [1.54, 1.807) is 28.8 Å². The maximum Gasteiger partial charge on any atom is 0.308 e. The van der Waals surface area contributed by atoms with Crippen LogP contribution in [0.4, 0.5) is 5.69 Å². The Morgan fingerprint density at radius 2 is 1.70 bits per heavy atom. The number of carbonyl (C=O) groups is 2. The lowest BCUT2D eigenvalue weighted by atomic mass is 9.88. The molecule has 3 N–H and O–H groups in total. The number of amides is 1. The molecule has 260 valence electrons. The number of anilines is 1. The van der Waals surface area contributed by atoms with Gasteiger partial charge in [-0.3, -0.25) is 9.59 Å². The Kier molecular flexibility index (Phi) is 10.3. The van der Waals surface area contributed by atoms with Gasteiger partial charge in [0.05, 0.1) is 24.9 Å². The SMILES string of the molecule is C=Cc1ccccc1N1Cc2ccccc2C=C(CC(=O)O)C1=O.NN=Cc1ccc(C#Cc2cccc3c2=CCc2c4c(ccc2=3)=CCCC4)cc1. The van der Waals surface area contributed by atoms with Crippen molar-refractivity contribution in [3.05, 3.63) is 181 Å². The summed E-state index contributed by atoms with van der Waals surface area (Å²) in [5.41, 5.74) is 9.78. The summed E-state index contributed by atoms with van der Waals surface area (Å²) in [5, 5.41) is 18.1. The zero-order valence-electron chi connectivity index (χ0n) is 29.4. The van der Waals surface area contributed by atoms with Crippen LogP contribution in [0.3, 0.4) is 0 Å². The molecule has 1 amide bonds. The molecule has 3 aliphatic rings.